The lowest BCUT2D eigenvalue weighted by molar-refractivity contribution is -0.144. The maximum absolute atomic E-state index is 12.7. The zero-order chi connectivity index (χ0) is 19.7. The van der Waals surface area contributed by atoms with Crippen LogP contribution in [0.25, 0.3) is 11.0 Å². The lowest BCUT2D eigenvalue weighted by atomic mass is 10.1. The Kier molecular flexibility index (Phi) is 5.10. The molecule has 1 heterocycles. The SMILES string of the molecule is Cc1cc(Oc2coc3cc(OC(C)C(=O)O)ccc3c2=O)cc(C)c1Cl. The average Bonchev–Trinajstić information content (AvgIpc) is 2.62. The smallest absolute Gasteiger partial charge is 0.344 e. The number of aliphatic carboxylic acids is 1. The summed E-state index contributed by atoms with van der Waals surface area (Å²) < 4.78 is 16.5. The molecule has 0 saturated carbocycles. The van der Waals surface area contributed by atoms with E-state index in [4.69, 9.17) is 30.6 Å². The Morgan fingerprint density at radius 2 is 1.81 bits per heavy atom. The van der Waals surface area contributed by atoms with Gasteiger partial charge in [0.25, 0.3) is 0 Å². The minimum absolute atomic E-state index is 0.0381. The summed E-state index contributed by atoms with van der Waals surface area (Å²) in [6.45, 7) is 5.12. The molecule has 0 aliphatic rings. The first kappa shape index (κ1) is 18.8. The summed E-state index contributed by atoms with van der Waals surface area (Å²) >= 11 is 6.15. The number of carboxylic acids is 1. The Hall–Kier alpha value is -2.99. The molecule has 1 unspecified atom stereocenters. The first-order valence-electron chi connectivity index (χ1n) is 8.16. The third-order valence-electron chi connectivity index (χ3n) is 4.01. The van der Waals surface area contributed by atoms with Gasteiger partial charge in [-0.15, -0.1) is 0 Å². The van der Waals surface area contributed by atoms with Crippen molar-refractivity contribution in [2.75, 3.05) is 0 Å². The number of benzene rings is 2. The number of rotatable bonds is 5. The molecule has 3 aromatic rings. The van der Waals surface area contributed by atoms with Crippen molar-refractivity contribution in [1.29, 1.82) is 0 Å². The third-order valence-corrected chi connectivity index (χ3v) is 4.61. The number of aryl methyl sites for hydroxylation is 2. The number of hydrogen-bond acceptors (Lipinski definition) is 5. The molecule has 0 bridgehead atoms. The van der Waals surface area contributed by atoms with Gasteiger partial charge in [0.2, 0.25) is 11.2 Å². The number of halogens is 1. The van der Waals surface area contributed by atoms with Gasteiger partial charge in [-0.3, -0.25) is 4.79 Å². The van der Waals surface area contributed by atoms with Crippen LogP contribution in [0.1, 0.15) is 18.1 Å². The summed E-state index contributed by atoms with van der Waals surface area (Å²) in [6.07, 6.45) is 0.196. The van der Waals surface area contributed by atoms with Crippen molar-refractivity contribution in [3.8, 4) is 17.2 Å². The molecule has 27 heavy (non-hydrogen) atoms. The number of ether oxygens (including phenoxy) is 2. The highest BCUT2D eigenvalue weighted by molar-refractivity contribution is 6.32. The maximum Gasteiger partial charge on any atom is 0.344 e. The Morgan fingerprint density at radius 1 is 1.15 bits per heavy atom. The average molecular weight is 389 g/mol. The summed E-state index contributed by atoms with van der Waals surface area (Å²) in [5.41, 5.74) is 1.60. The molecule has 0 amide bonds. The van der Waals surface area contributed by atoms with Crippen LogP contribution < -0.4 is 14.9 Å². The van der Waals surface area contributed by atoms with Gasteiger partial charge in [-0.1, -0.05) is 11.6 Å². The maximum atomic E-state index is 12.7. The molecule has 2 aromatic carbocycles. The van der Waals surface area contributed by atoms with Crippen molar-refractivity contribution >= 4 is 28.5 Å². The zero-order valence-corrected chi connectivity index (χ0v) is 15.7. The molecule has 0 aliphatic carbocycles. The van der Waals surface area contributed by atoms with E-state index in [1.807, 2.05) is 13.8 Å². The molecule has 1 aromatic heterocycles. The Morgan fingerprint density at radius 3 is 2.44 bits per heavy atom. The van der Waals surface area contributed by atoms with Gasteiger partial charge in [0.05, 0.1) is 5.39 Å². The Bertz CT molecular complexity index is 1060. The topological polar surface area (TPSA) is 86.0 Å². The third kappa shape index (κ3) is 3.90. The van der Waals surface area contributed by atoms with E-state index in [0.29, 0.717) is 16.2 Å². The largest absolute Gasteiger partial charge is 0.479 e. The first-order chi connectivity index (χ1) is 12.8. The second-order valence-corrected chi connectivity index (χ2v) is 6.54. The Labute approximate surface area is 159 Å². The highest BCUT2D eigenvalue weighted by atomic mass is 35.5. The molecule has 0 aliphatic heterocycles. The fraction of sp³-hybridized carbons (Fsp3) is 0.200. The molecular weight excluding hydrogens is 372 g/mol. The fourth-order valence-electron chi connectivity index (χ4n) is 2.58. The van der Waals surface area contributed by atoms with Crippen LogP contribution in [0.4, 0.5) is 0 Å². The molecule has 0 spiro atoms. The quantitative estimate of drug-likeness (QED) is 0.681. The normalized spacial score (nSPS) is 12.0. The monoisotopic (exact) mass is 388 g/mol. The second-order valence-electron chi connectivity index (χ2n) is 6.16. The second kappa shape index (κ2) is 7.32. The van der Waals surface area contributed by atoms with Crippen molar-refractivity contribution in [2.24, 2.45) is 0 Å². The van der Waals surface area contributed by atoms with E-state index in [-0.39, 0.29) is 22.5 Å². The van der Waals surface area contributed by atoms with Gasteiger partial charge in [-0.2, -0.15) is 0 Å². The van der Waals surface area contributed by atoms with Gasteiger partial charge in [-0.25, -0.2) is 4.79 Å². The van der Waals surface area contributed by atoms with Crippen LogP contribution in [0.3, 0.4) is 0 Å². The van der Waals surface area contributed by atoms with Crippen molar-refractivity contribution in [3.63, 3.8) is 0 Å². The van der Waals surface area contributed by atoms with E-state index in [1.165, 1.54) is 31.4 Å². The van der Waals surface area contributed by atoms with Gasteiger partial charge >= 0.3 is 5.97 Å². The van der Waals surface area contributed by atoms with Crippen molar-refractivity contribution < 1.29 is 23.8 Å². The summed E-state index contributed by atoms with van der Waals surface area (Å²) in [6, 6.07) is 7.97. The number of carbonyl (C=O) groups is 1. The summed E-state index contributed by atoms with van der Waals surface area (Å²) in [4.78, 5) is 23.6. The molecule has 0 radical (unpaired) electrons. The molecule has 1 N–H and O–H groups in total. The van der Waals surface area contributed by atoms with Crippen LogP contribution in [-0.4, -0.2) is 17.2 Å². The predicted octanol–water partition coefficient (Wildman–Crippen LogP) is 4.71. The number of fused-ring (bicyclic) bond motifs is 1. The Balaban J connectivity index is 1.94. The van der Waals surface area contributed by atoms with Crippen LogP contribution in [0.5, 0.6) is 17.2 Å². The number of hydrogen-bond donors (Lipinski definition) is 1. The van der Waals surface area contributed by atoms with Crippen LogP contribution >= 0.6 is 11.6 Å². The van der Waals surface area contributed by atoms with Gasteiger partial charge in [0.15, 0.2) is 6.10 Å². The van der Waals surface area contributed by atoms with Gasteiger partial charge in [0, 0.05) is 11.1 Å². The summed E-state index contributed by atoms with van der Waals surface area (Å²) in [5.74, 6) is -0.278. The standard InChI is InChI=1S/C20H17ClO6/c1-10-6-14(7-11(2)18(10)21)27-17-9-25-16-8-13(26-12(3)20(23)24)4-5-15(16)19(17)22/h4-9,12H,1-3H3,(H,23,24). The number of carboxylic acid groups (broad SMARTS) is 1. The molecule has 0 fully saturated rings. The van der Waals surface area contributed by atoms with E-state index < -0.39 is 12.1 Å². The highest BCUT2D eigenvalue weighted by Crippen LogP contribution is 2.29. The molecule has 140 valence electrons. The van der Waals surface area contributed by atoms with E-state index in [2.05, 4.69) is 0 Å². The van der Waals surface area contributed by atoms with Crippen molar-refractivity contribution in [2.45, 2.75) is 26.9 Å². The molecule has 3 rings (SSSR count). The molecule has 1 atom stereocenters. The predicted molar refractivity (Wildman–Crippen MR) is 101 cm³/mol. The summed E-state index contributed by atoms with van der Waals surface area (Å²) in [5, 5.41) is 9.86. The van der Waals surface area contributed by atoms with Crippen molar-refractivity contribution in [1.82, 2.24) is 0 Å². The van der Waals surface area contributed by atoms with Gasteiger partial charge < -0.3 is 19.0 Å². The van der Waals surface area contributed by atoms with Crippen LogP contribution in [0.15, 0.2) is 45.8 Å². The van der Waals surface area contributed by atoms with Crippen LogP contribution in [-0.2, 0) is 4.79 Å². The van der Waals surface area contributed by atoms with Gasteiger partial charge in [0.1, 0.15) is 23.3 Å². The van der Waals surface area contributed by atoms with E-state index in [1.54, 1.807) is 12.1 Å². The molecular formula is C20H17ClO6. The van der Waals surface area contributed by atoms with E-state index in [0.717, 1.165) is 11.1 Å². The minimum atomic E-state index is -1.09. The van der Waals surface area contributed by atoms with Crippen LogP contribution in [0.2, 0.25) is 5.02 Å². The minimum Gasteiger partial charge on any atom is -0.479 e. The van der Waals surface area contributed by atoms with Crippen molar-refractivity contribution in [3.05, 3.63) is 63.0 Å². The highest BCUT2D eigenvalue weighted by Gasteiger charge is 2.15. The van der Waals surface area contributed by atoms with E-state index in [9.17, 15) is 9.59 Å². The van der Waals surface area contributed by atoms with Crippen LogP contribution in [0, 0.1) is 13.8 Å². The molecule has 0 saturated heterocycles. The zero-order valence-electron chi connectivity index (χ0n) is 14.9. The molecule has 6 nitrogen and oxygen atoms in total. The fourth-order valence-corrected chi connectivity index (χ4v) is 2.69. The van der Waals surface area contributed by atoms with E-state index >= 15 is 0 Å². The lowest BCUT2D eigenvalue weighted by Crippen LogP contribution is -2.22. The lowest BCUT2D eigenvalue weighted by Gasteiger charge is -2.11. The summed E-state index contributed by atoms with van der Waals surface area (Å²) in [7, 11) is 0. The van der Waals surface area contributed by atoms with Gasteiger partial charge in [-0.05, 0) is 56.2 Å². The molecule has 7 heteroatoms. The first-order valence-corrected chi connectivity index (χ1v) is 8.53.